The molecule has 0 radical (unpaired) electrons. The summed E-state index contributed by atoms with van der Waals surface area (Å²) in [6, 6.07) is 22.2. The van der Waals surface area contributed by atoms with Crippen LogP contribution in [0, 0.1) is 6.92 Å². The van der Waals surface area contributed by atoms with E-state index in [9.17, 15) is 23.1 Å². The van der Waals surface area contributed by atoms with Crippen LogP contribution in [0.1, 0.15) is 39.9 Å². The van der Waals surface area contributed by atoms with Gasteiger partial charge >= 0.3 is 5.97 Å². The number of carboxylic acids is 1. The summed E-state index contributed by atoms with van der Waals surface area (Å²) in [6.45, 7) is 4.43. The zero-order valence-corrected chi connectivity index (χ0v) is 25.7. The molecule has 4 rings (SSSR count). The minimum atomic E-state index is -3.40. The van der Waals surface area contributed by atoms with Gasteiger partial charge < -0.3 is 19.9 Å². The molecule has 0 aromatic heterocycles. The predicted molar refractivity (Wildman–Crippen MR) is 166 cm³/mol. The molecule has 230 valence electrons. The third-order valence-electron chi connectivity index (χ3n) is 7.71. The van der Waals surface area contributed by atoms with Crippen LogP contribution in [0.3, 0.4) is 0 Å². The minimum Gasteiger partial charge on any atom is -0.480 e. The van der Waals surface area contributed by atoms with E-state index in [1.807, 2.05) is 61.5 Å². The van der Waals surface area contributed by atoms with Crippen molar-refractivity contribution in [3.8, 4) is 11.1 Å². The topological polar surface area (TPSA) is 122 Å². The summed E-state index contributed by atoms with van der Waals surface area (Å²) in [5, 5.41) is 12.2. The van der Waals surface area contributed by atoms with E-state index < -0.39 is 27.8 Å². The zero-order chi connectivity index (χ0) is 31.0. The number of sulfone groups is 1. The van der Waals surface area contributed by atoms with Crippen molar-refractivity contribution in [1.82, 2.24) is 10.2 Å². The summed E-state index contributed by atoms with van der Waals surface area (Å²) < 4.78 is 35.0. The Hall–Kier alpha value is -3.57. The van der Waals surface area contributed by atoms with E-state index in [4.69, 9.17) is 9.47 Å². The molecule has 3 aromatic carbocycles. The number of carbonyl (C=O) groups excluding carboxylic acids is 1. The monoisotopic (exact) mass is 608 g/mol. The van der Waals surface area contributed by atoms with Crippen LogP contribution >= 0.6 is 0 Å². The van der Waals surface area contributed by atoms with E-state index in [0.29, 0.717) is 30.9 Å². The van der Waals surface area contributed by atoms with Crippen LogP contribution in [0.25, 0.3) is 11.1 Å². The third-order valence-corrected chi connectivity index (χ3v) is 8.68. The van der Waals surface area contributed by atoms with Crippen molar-refractivity contribution in [3.63, 3.8) is 0 Å². The quantitative estimate of drug-likeness (QED) is 0.281. The largest absolute Gasteiger partial charge is 0.480 e. The fourth-order valence-corrected chi connectivity index (χ4v) is 6.12. The molecular weight excluding hydrogens is 568 g/mol. The molecule has 10 heteroatoms. The highest BCUT2D eigenvalue weighted by Crippen LogP contribution is 2.30. The number of benzene rings is 3. The standard InChI is InChI=1S/C33H40N2O7S/c1-23-9-7-8-12-28(23)30-17-25(13-14-29(30)32(36)34-31(33(37)38)15-16-43(3,39)40)19-35-20-27(18-26(35)22-41-2)42-21-24-10-5-4-6-11-24/h4-14,17,26-27,31H,15-16,18-22H2,1-3H3,(H,34,36)(H,37,38)/t26-,27-,31?/m0/s1. The number of likely N-dealkylation sites (tertiary alicyclic amines) is 1. The van der Waals surface area contributed by atoms with Crippen molar-refractivity contribution in [1.29, 1.82) is 0 Å². The Balaban J connectivity index is 1.56. The molecule has 1 saturated heterocycles. The van der Waals surface area contributed by atoms with Gasteiger partial charge in [0.2, 0.25) is 0 Å². The molecule has 2 N–H and O–H groups in total. The van der Waals surface area contributed by atoms with Crippen molar-refractivity contribution < 1.29 is 32.6 Å². The number of carboxylic acid groups (broad SMARTS) is 1. The van der Waals surface area contributed by atoms with Crippen molar-refractivity contribution >= 4 is 21.7 Å². The number of ether oxygens (including phenoxy) is 2. The summed E-state index contributed by atoms with van der Waals surface area (Å²) in [7, 11) is -1.70. The first-order valence-electron chi connectivity index (χ1n) is 14.3. The van der Waals surface area contributed by atoms with Gasteiger partial charge in [-0.25, -0.2) is 13.2 Å². The maximum absolute atomic E-state index is 13.4. The van der Waals surface area contributed by atoms with Gasteiger partial charge in [-0.3, -0.25) is 9.69 Å². The third kappa shape index (κ3) is 9.21. The number of nitrogens with zero attached hydrogens (tertiary/aromatic N) is 1. The highest BCUT2D eigenvalue weighted by atomic mass is 32.2. The Labute approximate surface area is 253 Å². The number of rotatable bonds is 14. The molecule has 0 aliphatic carbocycles. The molecule has 1 aliphatic heterocycles. The Morgan fingerprint density at radius 1 is 1.02 bits per heavy atom. The van der Waals surface area contributed by atoms with E-state index in [0.717, 1.165) is 41.5 Å². The lowest BCUT2D eigenvalue weighted by Crippen LogP contribution is -2.42. The Morgan fingerprint density at radius 2 is 1.74 bits per heavy atom. The van der Waals surface area contributed by atoms with Crippen molar-refractivity contribution in [2.24, 2.45) is 0 Å². The van der Waals surface area contributed by atoms with E-state index in [-0.39, 0.29) is 24.3 Å². The van der Waals surface area contributed by atoms with E-state index in [1.165, 1.54) is 0 Å². The number of hydrogen-bond acceptors (Lipinski definition) is 7. The first-order valence-corrected chi connectivity index (χ1v) is 16.4. The molecule has 1 fully saturated rings. The highest BCUT2D eigenvalue weighted by molar-refractivity contribution is 7.90. The molecule has 3 atom stereocenters. The van der Waals surface area contributed by atoms with Gasteiger partial charge in [0, 0.05) is 38.1 Å². The fourth-order valence-electron chi connectivity index (χ4n) is 5.45. The van der Waals surface area contributed by atoms with E-state index in [1.54, 1.807) is 13.2 Å². The summed E-state index contributed by atoms with van der Waals surface area (Å²) >= 11 is 0. The maximum atomic E-state index is 13.4. The van der Waals surface area contributed by atoms with E-state index >= 15 is 0 Å². The van der Waals surface area contributed by atoms with Gasteiger partial charge in [-0.2, -0.15) is 0 Å². The molecular formula is C33H40N2O7S. The van der Waals surface area contributed by atoms with Crippen LogP contribution in [0.4, 0.5) is 0 Å². The van der Waals surface area contributed by atoms with Crippen LogP contribution in [0.15, 0.2) is 72.8 Å². The van der Waals surface area contributed by atoms with Gasteiger partial charge in [-0.1, -0.05) is 60.7 Å². The second-order valence-electron chi connectivity index (χ2n) is 11.2. The number of aryl methyl sites for hydroxylation is 1. The number of nitrogens with one attached hydrogen (secondary N) is 1. The Bertz CT molecular complexity index is 1510. The number of hydrogen-bond donors (Lipinski definition) is 2. The molecule has 3 aromatic rings. The normalized spacial score (nSPS) is 17.9. The highest BCUT2D eigenvalue weighted by Gasteiger charge is 2.33. The second kappa shape index (κ2) is 14.7. The average molecular weight is 609 g/mol. The minimum absolute atomic E-state index is 0.0566. The average Bonchev–Trinajstić information content (AvgIpc) is 3.35. The first-order chi connectivity index (χ1) is 20.5. The lowest BCUT2D eigenvalue weighted by atomic mass is 9.93. The smallest absolute Gasteiger partial charge is 0.326 e. The van der Waals surface area contributed by atoms with Crippen molar-refractivity contribution in [3.05, 3.63) is 95.1 Å². The molecule has 0 bridgehead atoms. The SMILES string of the molecule is COC[C@@H]1C[C@H](OCc2ccccc2)CN1Cc1ccc(C(=O)NC(CCS(C)(=O)=O)C(=O)O)c(-c2ccccc2C)c1. The molecule has 1 aliphatic rings. The van der Waals surface area contributed by atoms with Crippen LogP contribution in [0.2, 0.25) is 0 Å². The second-order valence-corrected chi connectivity index (χ2v) is 13.4. The molecule has 0 spiro atoms. The van der Waals surface area contributed by atoms with E-state index in [2.05, 4.69) is 22.3 Å². The summed E-state index contributed by atoms with van der Waals surface area (Å²) in [4.78, 5) is 27.6. The summed E-state index contributed by atoms with van der Waals surface area (Å²) in [5.41, 5.74) is 4.95. The van der Waals surface area contributed by atoms with Crippen LogP contribution < -0.4 is 5.32 Å². The Morgan fingerprint density at radius 3 is 2.42 bits per heavy atom. The van der Waals surface area contributed by atoms with Crippen molar-refractivity contribution in [2.45, 2.75) is 51.1 Å². The van der Waals surface area contributed by atoms with Crippen molar-refractivity contribution in [2.75, 3.05) is 32.3 Å². The van der Waals surface area contributed by atoms with Gasteiger partial charge in [0.25, 0.3) is 5.91 Å². The Kier molecular flexibility index (Phi) is 11.1. The predicted octanol–water partition coefficient (Wildman–Crippen LogP) is 4.09. The van der Waals surface area contributed by atoms with Crippen LogP contribution in [-0.2, 0) is 37.3 Å². The van der Waals surface area contributed by atoms with Gasteiger partial charge in [0.05, 0.1) is 25.1 Å². The van der Waals surface area contributed by atoms with Crippen LogP contribution in [-0.4, -0.2) is 80.8 Å². The first kappa shape index (κ1) is 32.3. The molecule has 1 heterocycles. The summed E-state index contributed by atoms with van der Waals surface area (Å²) in [5.74, 6) is -2.20. The zero-order valence-electron chi connectivity index (χ0n) is 24.9. The lowest BCUT2D eigenvalue weighted by molar-refractivity contribution is -0.139. The van der Waals surface area contributed by atoms with Gasteiger partial charge in [0.15, 0.2) is 0 Å². The molecule has 1 amide bonds. The molecule has 43 heavy (non-hydrogen) atoms. The fraction of sp³-hybridized carbons (Fsp3) is 0.394. The van der Waals surface area contributed by atoms with Gasteiger partial charge in [-0.15, -0.1) is 0 Å². The van der Waals surface area contributed by atoms with Crippen LogP contribution in [0.5, 0.6) is 0 Å². The maximum Gasteiger partial charge on any atom is 0.326 e. The van der Waals surface area contributed by atoms with Gasteiger partial charge in [-0.05, 0) is 59.7 Å². The molecule has 1 unspecified atom stereocenters. The molecule has 0 saturated carbocycles. The summed E-state index contributed by atoms with van der Waals surface area (Å²) in [6.07, 6.45) is 1.72. The number of aliphatic carboxylic acids is 1. The van der Waals surface area contributed by atoms with Gasteiger partial charge in [0.1, 0.15) is 15.9 Å². The number of carbonyl (C=O) groups is 2. The number of methoxy groups -OCH3 is 1. The lowest BCUT2D eigenvalue weighted by Gasteiger charge is -2.24. The molecule has 9 nitrogen and oxygen atoms in total. The number of amides is 1.